The van der Waals surface area contributed by atoms with Crippen LogP contribution in [0.2, 0.25) is 0 Å². The molecule has 2 aliphatic rings. The third-order valence-corrected chi connectivity index (χ3v) is 7.57. The maximum atomic E-state index is 13.2. The number of sulfonamides is 1. The number of aromatic amines is 1. The predicted molar refractivity (Wildman–Crippen MR) is 119 cm³/mol. The van der Waals surface area contributed by atoms with Crippen molar-refractivity contribution >= 4 is 27.5 Å². The van der Waals surface area contributed by atoms with E-state index in [0.29, 0.717) is 22.7 Å². The summed E-state index contributed by atoms with van der Waals surface area (Å²) >= 11 is 0. The van der Waals surface area contributed by atoms with E-state index in [1.807, 2.05) is 30.3 Å². The number of ether oxygens (including phenoxy) is 1. The van der Waals surface area contributed by atoms with Gasteiger partial charge in [0.2, 0.25) is 10.0 Å². The molecule has 5 rings (SSSR count). The van der Waals surface area contributed by atoms with Gasteiger partial charge in [-0.3, -0.25) is 14.7 Å². The van der Waals surface area contributed by atoms with Gasteiger partial charge in [0.05, 0.1) is 28.0 Å². The SMILES string of the molecule is O=C1COc2ccc(S(=O)(=O)N3CCN(C(=O)c4cn[nH]c4-c4ccccc4)CC3)cc2N1. The molecule has 3 heterocycles. The topological polar surface area (TPSA) is 125 Å². The van der Waals surface area contributed by atoms with E-state index in [2.05, 4.69) is 15.5 Å². The van der Waals surface area contributed by atoms with Crippen LogP contribution in [0.3, 0.4) is 0 Å². The van der Waals surface area contributed by atoms with Crippen LogP contribution in [0.4, 0.5) is 5.69 Å². The van der Waals surface area contributed by atoms with E-state index in [0.717, 1.165) is 5.56 Å². The van der Waals surface area contributed by atoms with Crippen molar-refractivity contribution < 1.29 is 22.7 Å². The lowest BCUT2D eigenvalue weighted by Gasteiger charge is -2.34. The number of nitrogens with zero attached hydrogens (tertiary/aromatic N) is 3. The van der Waals surface area contributed by atoms with Gasteiger partial charge in [-0.05, 0) is 18.2 Å². The third-order valence-electron chi connectivity index (χ3n) is 5.68. The van der Waals surface area contributed by atoms with Crippen molar-refractivity contribution in [3.63, 3.8) is 0 Å². The molecule has 0 unspecified atom stereocenters. The number of fused-ring (bicyclic) bond motifs is 1. The lowest BCUT2D eigenvalue weighted by Crippen LogP contribution is -2.50. The summed E-state index contributed by atoms with van der Waals surface area (Å²) in [7, 11) is -3.80. The van der Waals surface area contributed by atoms with Crippen molar-refractivity contribution in [3.8, 4) is 17.0 Å². The molecule has 11 heteroatoms. The summed E-state index contributed by atoms with van der Waals surface area (Å²) in [6.45, 7) is 0.724. The summed E-state index contributed by atoms with van der Waals surface area (Å²) in [6.07, 6.45) is 1.50. The van der Waals surface area contributed by atoms with Crippen molar-refractivity contribution in [2.45, 2.75) is 4.90 Å². The van der Waals surface area contributed by atoms with Crippen LogP contribution in [0.15, 0.2) is 59.6 Å². The van der Waals surface area contributed by atoms with E-state index in [-0.39, 0.29) is 49.5 Å². The summed E-state index contributed by atoms with van der Waals surface area (Å²) in [6, 6.07) is 13.8. The number of H-pyrrole nitrogens is 1. The largest absolute Gasteiger partial charge is 0.482 e. The quantitative estimate of drug-likeness (QED) is 0.600. The zero-order valence-electron chi connectivity index (χ0n) is 17.5. The number of hydrogen-bond donors (Lipinski definition) is 2. The van der Waals surface area contributed by atoms with Crippen molar-refractivity contribution in [2.75, 3.05) is 38.1 Å². The zero-order chi connectivity index (χ0) is 23.0. The molecule has 10 nitrogen and oxygen atoms in total. The first-order chi connectivity index (χ1) is 15.9. The Morgan fingerprint density at radius 3 is 2.55 bits per heavy atom. The number of nitrogens with one attached hydrogen (secondary N) is 2. The molecule has 1 aromatic heterocycles. The number of benzene rings is 2. The van der Waals surface area contributed by atoms with Gasteiger partial charge < -0.3 is 15.0 Å². The van der Waals surface area contributed by atoms with Crippen LogP contribution in [0, 0.1) is 0 Å². The molecule has 0 spiro atoms. The van der Waals surface area contributed by atoms with Gasteiger partial charge in [0.1, 0.15) is 5.75 Å². The first-order valence-electron chi connectivity index (χ1n) is 10.4. The van der Waals surface area contributed by atoms with E-state index >= 15 is 0 Å². The second-order valence-corrected chi connectivity index (χ2v) is 9.65. The molecule has 170 valence electrons. The molecule has 3 aromatic rings. The van der Waals surface area contributed by atoms with Gasteiger partial charge in [-0.25, -0.2) is 8.42 Å². The van der Waals surface area contributed by atoms with E-state index in [4.69, 9.17) is 4.74 Å². The van der Waals surface area contributed by atoms with E-state index in [1.165, 1.54) is 28.7 Å². The molecule has 0 radical (unpaired) electrons. The van der Waals surface area contributed by atoms with Crippen LogP contribution in [-0.2, 0) is 14.8 Å². The molecule has 0 atom stereocenters. The second kappa shape index (κ2) is 8.34. The highest BCUT2D eigenvalue weighted by molar-refractivity contribution is 7.89. The second-order valence-electron chi connectivity index (χ2n) is 7.72. The highest BCUT2D eigenvalue weighted by Crippen LogP contribution is 2.31. The van der Waals surface area contributed by atoms with Gasteiger partial charge in [0.25, 0.3) is 11.8 Å². The van der Waals surface area contributed by atoms with Crippen LogP contribution in [0.5, 0.6) is 5.75 Å². The zero-order valence-corrected chi connectivity index (χ0v) is 18.3. The Morgan fingerprint density at radius 1 is 1.03 bits per heavy atom. The normalized spacial score (nSPS) is 16.6. The molecule has 2 aliphatic heterocycles. The summed E-state index contributed by atoms with van der Waals surface area (Å²) in [5.74, 6) is -0.107. The number of carbonyl (C=O) groups is 2. The predicted octanol–water partition coefficient (Wildman–Crippen LogP) is 1.55. The molecule has 0 aliphatic carbocycles. The molecule has 1 saturated heterocycles. The standard InChI is InChI=1S/C22H21N5O5S/c28-20-14-32-19-7-6-16(12-18(19)24-20)33(30,31)27-10-8-26(9-11-27)22(29)17-13-23-25-21(17)15-4-2-1-3-5-15/h1-7,12-13H,8-11,14H2,(H,23,25)(H,24,28). The number of hydrogen-bond acceptors (Lipinski definition) is 6. The van der Waals surface area contributed by atoms with Gasteiger partial charge in [-0.2, -0.15) is 9.40 Å². The Balaban J connectivity index is 1.30. The number of piperazine rings is 1. The fourth-order valence-electron chi connectivity index (χ4n) is 3.95. The number of amides is 2. The van der Waals surface area contributed by atoms with Crippen molar-refractivity contribution in [3.05, 3.63) is 60.3 Å². The van der Waals surface area contributed by atoms with E-state index in [1.54, 1.807) is 4.90 Å². The van der Waals surface area contributed by atoms with E-state index < -0.39 is 10.0 Å². The fourth-order valence-corrected chi connectivity index (χ4v) is 5.40. The molecule has 2 N–H and O–H groups in total. The number of anilines is 1. The molecule has 2 aromatic carbocycles. The molecule has 33 heavy (non-hydrogen) atoms. The maximum absolute atomic E-state index is 13.2. The fraction of sp³-hybridized carbons (Fsp3) is 0.227. The van der Waals surface area contributed by atoms with Gasteiger partial charge in [0, 0.05) is 31.7 Å². The minimum Gasteiger partial charge on any atom is -0.482 e. The van der Waals surface area contributed by atoms with Crippen LogP contribution in [0.25, 0.3) is 11.3 Å². The Kier molecular flexibility index (Phi) is 5.35. The van der Waals surface area contributed by atoms with Gasteiger partial charge in [0.15, 0.2) is 6.61 Å². The molecule has 0 saturated carbocycles. The average molecular weight is 468 g/mol. The Hall–Kier alpha value is -3.70. The van der Waals surface area contributed by atoms with Gasteiger partial charge in [-0.1, -0.05) is 30.3 Å². The summed E-state index contributed by atoms with van der Waals surface area (Å²) in [5, 5.41) is 9.53. The lowest BCUT2D eigenvalue weighted by atomic mass is 10.1. The van der Waals surface area contributed by atoms with Crippen molar-refractivity contribution in [1.29, 1.82) is 0 Å². The molecular formula is C22H21N5O5S. The Morgan fingerprint density at radius 2 is 1.79 bits per heavy atom. The smallest absolute Gasteiger partial charge is 0.262 e. The summed E-state index contributed by atoms with van der Waals surface area (Å²) in [5.41, 5.74) is 2.26. The molecule has 0 bridgehead atoms. The van der Waals surface area contributed by atoms with Crippen molar-refractivity contribution in [2.24, 2.45) is 0 Å². The van der Waals surface area contributed by atoms with Gasteiger partial charge >= 0.3 is 0 Å². The summed E-state index contributed by atoms with van der Waals surface area (Å²) < 4.78 is 32.9. The Bertz CT molecular complexity index is 1310. The van der Waals surface area contributed by atoms with Crippen molar-refractivity contribution in [1.82, 2.24) is 19.4 Å². The van der Waals surface area contributed by atoms with Crippen LogP contribution in [0.1, 0.15) is 10.4 Å². The minimum atomic E-state index is -3.80. The van der Waals surface area contributed by atoms with Crippen LogP contribution in [-0.4, -0.2) is 72.4 Å². The number of carbonyl (C=O) groups excluding carboxylic acids is 2. The van der Waals surface area contributed by atoms with Gasteiger partial charge in [-0.15, -0.1) is 0 Å². The van der Waals surface area contributed by atoms with Crippen LogP contribution < -0.4 is 10.1 Å². The highest BCUT2D eigenvalue weighted by atomic mass is 32.2. The highest BCUT2D eigenvalue weighted by Gasteiger charge is 2.32. The monoisotopic (exact) mass is 467 g/mol. The van der Waals surface area contributed by atoms with E-state index in [9.17, 15) is 18.0 Å². The average Bonchev–Trinajstić information content (AvgIpc) is 3.34. The molecule has 1 fully saturated rings. The first-order valence-corrected chi connectivity index (χ1v) is 11.8. The minimum absolute atomic E-state index is 0.0630. The lowest BCUT2D eigenvalue weighted by molar-refractivity contribution is -0.118. The number of rotatable bonds is 4. The van der Waals surface area contributed by atoms with Crippen LogP contribution >= 0.6 is 0 Å². The molecular weight excluding hydrogens is 446 g/mol. The summed E-state index contributed by atoms with van der Waals surface area (Å²) in [4.78, 5) is 26.4. The number of aromatic nitrogens is 2. The first kappa shape index (κ1) is 21.2. The Labute approximate surface area is 190 Å². The maximum Gasteiger partial charge on any atom is 0.262 e. The molecule has 2 amide bonds. The third kappa shape index (κ3) is 3.96.